The quantitative estimate of drug-likeness (QED) is 0.854. The summed E-state index contributed by atoms with van der Waals surface area (Å²) in [6.45, 7) is 8.87. The van der Waals surface area contributed by atoms with Crippen LogP contribution in [-0.4, -0.2) is 37.2 Å². The van der Waals surface area contributed by atoms with Crippen molar-refractivity contribution in [1.82, 2.24) is 4.90 Å². The van der Waals surface area contributed by atoms with Crippen LogP contribution in [0.4, 0.5) is 0 Å². The molecule has 1 aromatic rings. The molecule has 1 fully saturated rings. The predicted octanol–water partition coefficient (Wildman–Crippen LogP) is 2.24. The standard InChI is InChI=1S/C16H26N2O/c1-13-5-6-15(14(2)10-13)11-18(8-7-17)12-16-4-3-9-19-16/h5-6,10,16H,3-4,7-9,11-12,17H2,1-2H3. The summed E-state index contributed by atoms with van der Waals surface area (Å²) >= 11 is 0. The molecular weight excluding hydrogens is 236 g/mol. The molecule has 1 atom stereocenters. The number of rotatable bonds is 6. The molecule has 1 unspecified atom stereocenters. The lowest BCUT2D eigenvalue weighted by molar-refractivity contribution is 0.0716. The van der Waals surface area contributed by atoms with Crippen LogP contribution in [-0.2, 0) is 11.3 Å². The van der Waals surface area contributed by atoms with Crippen LogP contribution in [0.2, 0.25) is 0 Å². The Bertz CT molecular complexity index is 400. The van der Waals surface area contributed by atoms with Gasteiger partial charge in [-0.25, -0.2) is 0 Å². The van der Waals surface area contributed by atoms with E-state index in [4.69, 9.17) is 10.5 Å². The lowest BCUT2D eigenvalue weighted by Gasteiger charge is -2.25. The topological polar surface area (TPSA) is 38.5 Å². The third-order valence-corrected chi connectivity index (χ3v) is 3.82. The molecule has 1 heterocycles. The third kappa shape index (κ3) is 4.30. The van der Waals surface area contributed by atoms with E-state index >= 15 is 0 Å². The molecule has 1 saturated heterocycles. The zero-order valence-electron chi connectivity index (χ0n) is 12.2. The highest BCUT2D eigenvalue weighted by atomic mass is 16.5. The minimum absolute atomic E-state index is 0.400. The van der Waals surface area contributed by atoms with E-state index in [1.165, 1.54) is 29.5 Å². The monoisotopic (exact) mass is 262 g/mol. The van der Waals surface area contributed by atoms with Gasteiger partial charge in [-0.2, -0.15) is 0 Å². The lowest BCUT2D eigenvalue weighted by Crippen LogP contribution is -2.35. The van der Waals surface area contributed by atoms with E-state index in [1.807, 2.05) is 0 Å². The number of nitrogens with zero attached hydrogens (tertiary/aromatic N) is 1. The van der Waals surface area contributed by atoms with Crippen molar-refractivity contribution < 1.29 is 4.74 Å². The molecule has 3 nitrogen and oxygen atoms in total. The van der Waals surface area contributed by atoms with Crippen molar-refractivity contribution in [2.45, 2.75) is 39.3 Å². The van der Waals surface area contributed by atoms with Crippen LogP contribution in [0, 0.1) is 13.8 Å². The molecule has 0 amide bonds. The van der Waals surface area contributed by atoms with Crippen LogP contribution in [0.1, 0.15) is 29.5 Å². The summed E-state index contributed by atoms with van der Waals surface area (Å²) in [4.78, 5) is 2.42. The van der Waals surface area contributed by atoms with Crippen LogP contribution in [0.25, 0.3) is 0 Å². The van der Waals surface area contributed by atoms with Crippen molar-refractivity contribution in [2.75, 3.05) is 26.2 Å². The van der Waals surface area contributed by atoms with Crippen molar-refractivity contribution in [3.63, 3.8) is 0 Å². The minimum Gasteiger partial charge on any atom is -0.377 e. The summed E-state index contributed by atoms with van der Waals surface area (Å²) in [5, 5.41) is 0. The molecular formula is C16H26N2O. The summed E-state index contributed by atoms with van der Waals surface area (Å²) in [6.07, 6.45) is 2.79. The highest BCUT2D eigenvalue weighted by Crippen LogP contribution is 2.17. The van der Waals surface area contributed by atoms with Gasteiger partial charge >= 0.3 is 0 Å². The molecule has 0 bridgehead atoms. The molecule has 2 N–H and O–H groups in total. The molecule has 19 heavy (non-hydrogen) atoms. The second kappa shape index (κ2) is 7.04. The van der Waals surface area contributed by atoms with Crippen LogP contribution < -0.4 is 5.73 Å². The predicted molar refractivity (Wildman–Crippen MR) is 79.2 cm³/mol. The van der Waals surface area contributed by atoms with Crippen LogP contribution in [0.15, 0.2) is 18.2 Å². The van der Waals surface area contributed by atoms with Gasteiger partial charge in [-0.1, -0.05) is 23.8 Å². The number of ether oxygens (including phenoxy) is 1. The van der Waals surface area contributed by atoms with Gasteiger partial charge in [0.2, 0.25) is 0 Å². The maximum absolute atomic E-state index is 5.74. The zero-order chi connectivity index (χ0) is 13.7. The highest BCUT2D eigenvalue weighted by Gasteiger charge is 2.19. The van der Waals surface area contributed by atoms with E-state index < -0.39 is 0 Å². The first kappa shape index (κ1) is 14.5. The van der Waals surface area contributed by atoms with Crippen LogP contribution in [0.5, 0.6) is 0 Å². The Morgan fingerprint density at radius 2 is 2.21 bits per heavy atom. The fourth-order valence-corrected chi connectivity index (χ4v) is 2.76. The molecule has 0 aliphatic carbocycles. The fraction of sp³-hybridized carbons (Fsp3) is 0.625. The van der Waals surface area contributed by atoms with Gasteiger partial charge in [-0.15, -0.1) is 0 Å². The van der Waals surface area contributed by atoms with E-state index in [1.54, 1.807) is 0 Å². The molecule has 1 aliphatic heterocycles. The van der Waals surface area contributed by atoms with Crippen molar-refractivity contribution in [1.29, 1.82) is 0 Å². The van der Waals surface area contributed by atoms with Gasteiger partial charge in [0.15, 0.2) is 0 Å². The van der Waals surface area contributed by atoms with Gasteiger partial charge in [-0.05, 0) is 37.8 Å². The molecule has 0 radical (unpaired) electrons. The molecule has 2 rings (SSSR count). The first-order valence-electron chi connectivity index (χ1n) is 7.29. The van der Waals surface area contributed by atoms with Crippen molar-refractivity contribution >= 4 is 0 Å². The molecule has 1 aliphatic rings. The summed E-state index contributed by atoms with van der Waals surface area (Å²) in [5.74, 6) is 0. The van der Waals surface area contributed by atoms with E-state index in [-0.39, 0.29) is 0 Å². The Hall–Kier alpha value is -0.900. The average Bonchev–Trinajstić information content (AvgIpc) is 2.86. The van der Waals surface area contributed by atoms with Crippen LogP contribution in [0.3, 0.4) is 0 Å². The van der Waals surface area contributed by atoms with Gasteiger partial charge in [-0.3, -0.25) is 4.90 Å². The Balaban J connectivity index is 1.98. The van der Waals surface area contributed by atoms with E-state index in [9.17, 15) is 0 Å². The Labute approximate surface area is 116 Å². The van der Waals surface area contributed by atoms with Crippen molar-refractivity contribution in [3.05, 3.63) is 34.9 Å². The van der Waals surface area contributed by atoms with Crippen LogP contribution >= 0.6 is 0 Å². The van der Waals surface area contributed by atoms with E-state index in [0.29, 0.717) is 12.6 Å². The lowest BCUT2D eigenvalue weighted by atomic mass is 10.0. The maximum Gasteiger partial charge on any atom is 0.0702 e. The van der Waals surface area contributed by atoms with Gasteiger partial charge in [0.05, 0.1) is 6.10 Å². The SMILES string of the molecule is Cc1ccc(CN(CCN)CC2CCCO2)c(C)c1. The van der Waals surface area contributed by atoms with E-state index in [2.05, 4.69) is 36.9 Å². The Morgan fingerprint density at radius 1 is 1.37 bits per heavy atom. The van der Waals surface area contributed by atoms with Crippen molar-refractivity contribution in [3.8, 4) is 0 Å². The normalized spacial score (nSPS) is 19.3. The first-order chi connectivity index (χ1) is 9.19. The number of nitrogens with two attached hydrogens (primary N) is 1. The maximum atomic E-state index is 5.74. The molecule has 1 aromatic carbocycles. The Kier molecular flexibility index (Phi) is 5.37. The molecule has 0 spiro atoms. The second-order valence-corrected chi connectivity index (χ2v) is 5.59. The summed E-state index contributed by atoms with van der Waals surface area (Å²) < 4.78 is 5.73. The van der Waals surface area contributed by atoms with Gasteiger partial charge in [0.1, 0.15) is 0 Å². The van der Waals surface area contributed by atoms with Crippen molar-refractivity contribution in [2.24, 2.45) is 5.73 Å². The summed E-state index contributed by atoms with van der Waals surface area (Å²) in [5.41, 5.74) is 9.83. The van der Waals surface area contributed by atoms with E-state index in [0.717, 1.165) is 26.2 Å². The van der Waals surface area contributed by atoms with Gasteiger partial charge < -0.3 is 10.5 Å². The highest BCUT2D eigenvalue weighted by molar-refractivity contribution is 5.30. The Morgan fingerprint density at radius 3 is 2.84 bits per heavy atom. The third-order valence-electron chi connectivity index (χ3n) is 3.82. The van der Waals surface area contributed by atoms with Gasteiger partial charge in [0, 0.05) is 32.8 Å². The molecule has 3 heteroatoms. The number of benzene rings is 1. The number of hydrogen-bond acceptors (Lipinski definition) is 3. The molecule has 106 valence electrons. The number of aryl methyl sites for hydroxylation is 2. The fourth-order valence-electron chi connectivity index (χ4n) is 2.76. The molecule has 0 aromatic heterocycles. The minimum atomic E-state index is 0.400. The smallest absolute Gasteiger partial charge is 0.0702 e. The average molecular weight is 262 g/mol. The largest absolute Gasteiger partial charge is 0.377 e. The zero-order valence-corrected chi connectivity index (χ0v) is 12.2. The second-order valence-electron chi connectivity index (χ2n) is 5.59. The molecule has 0 saturated carbocycles. The summed E-state index contributed by atoms with van der Waals surface area (Å²) in [6, 6.07) is 6.68. The first-order valence-corrected chi connectivity index (χ1v) is 7.29. The summed E-state index contributed by atoms with van der Waals surface area (Å²) in [7, 11) is 0. The number of hydrogen-bond donors (Lipinski definition) is 1. The van der Waals surface area contributed by atoms with Gasteiger partial charge in [0.25, 0.3) is 0 Å².